The molecular weight excluding hydrogens is 168 g/mol. The third kappa shape index (κ3) is 8.95. The molecular formula is C14H20. The van der Waals surface area contributed by atoms with Crippen molar-refractivity contribution in [2.24, 2.45) is 0 Å². The molecule has 0 saturated heterocycles. The lowest BCUT2D eigenvalue weighted by molar-refractivity contribution is 0.802. The lowest BCUT2D eigenvalue weighted by Gasteiger charge is -1.91. The van der Waals surface area contributed by atoms with Gasteiger partial charge in [-0.25, -0.2) is 0 Å². The summed E-state index contributed by atoms with van der Waals surface area (Å²) < 4.78 is 0. The van der Waals surface area contributed by atoms with Gasteiger partial charge in [0.1, 0.15) is 0 Å². The zero-order chi connectivity index (χ0) is 10.6. The zero-order valence-electron chi connectivity index (χ0n) is 9.45. The first kappa shape index (κ1) is 12.9. The highest BCUT2D eigenvalue weighted by molar-refractivity contribution is 5.35. The quantitative estimate of drug-likeness (QED) is 0.453. The van der Waals surface area contributed by atoms with Crippen molar-refractivity contribution in [3.05, 3.63) is 12.2 Å². The smallest absolute Gasteiger partial charge is 0.00988 e. The van der Waals surface area contributed by atoms with Crippen molar-refractivity contribution >= 4 is 0 Å². The molecule has 0 heteroatoms. The second-order valence-electron chi connectivity index (χ2n) is 3.36. The molecule has 0 atom stereocenters. The summed E-state index contributed by atoms with van der Waals surface area (Å²) in [4.78, 5) is 0. The van der Waals surface area contributed by atoms with Crippen molar-refractivity contribution in [3.63, 3.8) is 0 Å². The Labute approximate surface area is 88.8 Å². The maximum absolute atomic E-state index is 3.88. The van der Waals surface area contributed by atoms with Crippen LogP contribution < -0.4 is 0 Å². The van der Waals surface area contributed by atoms with Crippen molar-refractivity contribution < 1.29 is 0 Å². The predicted octanol–water partition coefficient (Wildman–Crippen LogP) is 3.93. The van der Waals surface area contributed by atoms with Crippen LogP contribution in [0.25, 0.3) is 0 Å². The summed E-state index contributed by atoms with van der Waals surface area (Å²) in [5, 5.41) is 0. The van der Waals surface area contributed by atoms with Crippen LogP contribution in [0.2, 0.25) is 0 Å². The molecule has 0 heterocycles. The molecule has 0 spiro atoms. The van der Waals surface area contributed by atoms with Gasteiger partial charge in [-0.05, 0) is 36.7 Å². The molecule has 0 aliphatic rings. The largest absolute Gasteiger partial charge is 0.0891 e. The van der Waals surface area contributed by atoms with E-state index >= 15 is 0 Å². The summed E-state index contributed by atoms with van der Waals surface area (Å²) in [6, 6.07) is 0. The standard InChI is InChI=1S/C14H20/c1-4-6-8-9-10-11-13-14(3)12-7-5-2/h3-8,12H2,1-2H3. The minimum absolute atomic E-state index is 0.965. The van der Waals surface area contributed by atoms with Crippen molar-refractivity contribution in [1.29, 1.82) is 0 Å². The summed E-state index contributed by atoms with van der Waals surface area (Å²) in [5.41, 5.74) is 1.01. The monoisotopic (exact) mass is 188 g/mol. The van der Waals surface area contributed by atoms with E-state index in [4.69, 9.17) is 0 Å². The lowest BCUT2D eigenvalue weighted by atomic mass is 10.1. The van der Waals surface area contributed by atoms with Gasteiger partial charge in [0, 0.05) is 6.42 Å². The number of unbranched alkanes of at least 4 members (excludes halogenated alkanes) is 3. The van der Waals surface area contributed by atoms with Crippen molar-refractivity contribution in [1.82, 2.24) is 0 Å². The second-order valence-corrected chi connectivity index (χ2v) is 3.36. The zero-order valence-corrected chi connectivity index (χ0v) is 9.45. The highest BCUT2D eigenvalue weighted by Gasteiger charge is 1.86. The number of rotatable bonds is 5. The minimum atomic E-state index is 0.965. The Morgan fingerprint density at radius 2 is 1.79 bits per heavy atom. The van der Waals surface area contributed by atoms with E-state index in [2.05, 4.69) is 44.1 Å². The summed E-state index contributed by atoms with van der Waals surface area (Å²) in [6.45, 7) is 8.22. The molecule has 0 unspecified atom stereocenters. The van der Waals surface area contributed by atoms with Gasteiger partial charge in [-0.15, -0.1) is 0 Å². The highest BCUT2D eigenvalue weighted by Crippen LogP contribution is 2.02. The Bertz CT molecular complexity index is 262. The fraction of sp³-hybridized carbons (Fsp3) is 0.571. The first-order chi connectivity index (χ1) is 6.81. The van der Waals surface area contributed by atoms with Crippen LogP contribution in [-0.4, -0.2) is 0 Å². The van der Waals surface area contributed by atoms with Gasteiger partial charge in [0.05, 0.1) is 0 Å². The average molecular weight is 188 g/mol. The maximum Gasteiger partial charge on any atom is 0.00988 e. The van der Waals surface area contributed by atoms with Crippen molar-refractivity contribution in [3.8, 4) is 23.7 Å². The van der Waals surface area contributed by atoms with E-state index in [-0.39, 0.29) is 0 Å². The molecule has 0 aromatic carbocycles. The fourth-order valence-electron chi connectivity index (χ4n) is 0.944. The van der Waals surface area contributed by atoms with Crippen LogP contribution >= 0.6 is 0 Å². The van der Waals surface area contributed by atoms with Crippen LogP contribution in [0.1, 0.15) is 52.4 Å². The Balaban J connectivity index is 3.67. The van der Waals surface area contributed by atoms with E-state index in [9.17, 15) is 0 Å². The molecule has 0 rings (SSSR count). The van der Waals surface area contributed by atoms with E-state index in [1.807, 2.05) is 0 Å². The van der Waals surface area contributed by atoms with E-state index < -0.39 is 0 Å². The minimum Gasteiger partial charge on any atom is -0.0891 e. The number of allylic oxidation sites excluding steroid dienone is 1. The SMILES string of the molecule is C=C(C#CC#CCCCC)CCCC. The second kappa shape index (κ2) is 9.94. The first-order valence-electron chi connectivity index (χ1n) is 5.47. The molecule has 0 aromatic heterocycles. The van der Waals surface area contributed by atoms with E-state index in [1.165, 1.54) is 25.7 Å². The van der Waals surface area contributed by atoms with Crippen LogP contribution in [0.5, 0.6) is 0 Å². The normalized spacial score (nSPS) is 8.14. The van der Waals surface area contributed by atoms with Gasteiger partial charge in [-0.2, -0.15) is 0 Å². The molecule has 76 valence electrons. The predicted molar refractivity (Wildman–Crippen MR) is 63.7 cm³/mol. The van der Waals surface area contributed by atoms with Gasteiger partial charge in [0.2, 0.25) is 0 Å². The number of hydrogen-bond acceptors (Lipinski definition) is 0. The van der Waals surface area contributed by atoms with Crippen LogP contribution in [0.15, 0.2) is 12.2 Å². The Hall–Kier alpha value is -1.14. The van der Waals surface area contributed by atoms with Crippen molar-refractivity contribution in [2.75, 3.05) is 0 Å². The molecule has 0 bridgehead atoms. The molecule has 0 fully saturated rings. The maximum atomic E-state index is 3.88. The first-order valence-corrected chi connectivity index (χ1v) is 5.47. The third-order valence-electron chi connectivity index (χ3n) is 1.88. The van der Waals surface area contributed by atoms with Crippen LogP contribution in [-0.2, 0) is 0 Å². The van der Waals surface area contributed by atoms with E-state index in [0.29, 0.717) is 0 Å². The molecule has 0 saturated carbocycles. The van der Waals surface area contributed by atoms with E-state index in [1.54, 1.807) is 0 Å². The number of hydrogen-bond donors (Lipinski definition) is 0. The summed E-state index contributed by atoms with van der Waals surface area (Å²) >= 11 is 0. The molecule has 0 aliphatic heterocycles. The summed E-state index contributed by atoms with van der Waals surface area (Å²) in [6.07, 6.45) is 6.73. The average Bonchev–Trinajstić information content (AvgIpc) is 2.20. The molecule has 14 heavy (non-hydrogen) atoms. The topological polar surface area (TPSA) is 0 Å². The van der Waals surface area contributed by atoms with Crippen LogP contribution in [0.4, 0.5) is 0 Å². The Morgan fingerprint density at radius 3 is 2.43 bits per heavy atom. The Kier molecular flexibility index (Phi) is 9.13. The van der Waals surface area contributed by atoms with Gasteiger partial charge >= 0.3 is 0 Å². The van der Waals surface area contributed by atoms with Gasteiger partial charge in [-0.3, -0.25) is 0 Å². The highest BCUT2D eigenvalue weighted by atomic mass is 13.9. The van der Waals surface area contributed by atoms with E-state index in [0.717, 1.165) is 18.4 Å². The molecule has 0 radical (unpaired) electrons. The van der Waals surface area contributed by atoms with Gasteiger partial charge in [0.15, 0.2) is 0 Å². The van der Waals surface area contributed by atoms with Gasteiger partial charge in [-0.1, -0.05) is 45.1 Å². The van der Waals surface area contributed by atoms with Gasteiger partial charge in [0.25, 0.3) is 0 Å². The molecule has 0 aromatic rings. The van der Waals surface area contributed by atoms with Crippen molar-refractivity contribution in [2.45, 2.75) is 52.4 Å². The summed E-state index contributed by atoms with van der Waals surface area (Å²) in [7, 11) is 0. The van der Waals surface area contributed by atoms with Gasteiger partial charge < -0.3 is 0 Å². The molecule has 0 nitrogen and oxygen atoms in total. The molecule has 0 amide bonds. The third-order valence-corrected chi connectivity index (χ3v) is 1.88. The Morgan fingerprint density at radius 1 is 1.07 bits per heavy atom. The fourth-order valence-corrected chi connectivity index (χ4v) is 0.944. The lowest BCUT2D eigenvalue weighted by Crippen LogP contribution is -1.76. The molecule has 0 N–H and O–H groups in total. The molecule has 0 aliphatic carbocycles. The van der Waals surface area contributed by atoms with Crippen LogP contribution in [0, 0.1) is 23.7 Å². The van der Waals surface area contributed by atoms with Crippen LogP contribution in [0.3, 0.4) is 0 Å². The summed E-state index contributed by atoms with van der Waals surface area (Å²) in [5.74, 6) is 11.7.